The van der Waals surface area contributed by atoms with Crippen LogP contribution in [-0.4, -0.2) is 19.9 Å². The molecule has 0 saturated heterocycles. The van der Waals surface area contributed by atoms with Crippen LogP contribution in [-0.2, 0) is 6.54 Å². The number of aromatic nitrogens is 3. The number of nitrogens with one attached hydrogen (secondary N) is 1. The molecule has 0 aliphatic carbocycles. The SMILES string of the molecule is CCn1c(Sc2ccc([C@H](C)O)c(Br)c2)n[nH]c1=O. The van der Waals surface area contributed by atoms with Crippen LogP contribution in [0.1, 0.15) is 25.5 Å². The molecule has 1 aromatic heterocycles. The lowest BCUT2D eigenvalue weighted by Gasteiger charge is -2.09. The fourth-order valence-corrected chi connectivity index (χ4v) is 3.47. The van der Waals surface area contributed by atoms with Crippen LogP contribution in [0.25, 0.3) is 0 Å². The fourth-order valence-electron chi connectivity index (χ4n) is 1.68. The van der Waals surface area contributed by atoms with Gasteiger partial charge in [-0.3, -0.25) is 4.57 Å². The Morgan fingerprint density at radius 2 is 2.32 bits per heavy atom. The van der Waals surface area contributed by atoms with Gasteiger partial charge in [-0.2, -0.15) is 0 Å². The highest BCUT2D eigenvalue weighted by atomic mass is 79.9. The molecule has 0 fully saturated rings. The lowest BCUT2D eigenvalue weighted by molar-refractivity contribution is 0.198. The van der Waals surface area contributed by atoms with Gasteiger partial charge in [-0.1, -0.05) is 22.0 Å². The molecule has 1 atom stereocenters. The van der Waals surface area contributed by atoms with E-state index in [1.807, 2.05) is 25.1 Å². The Hall–Kier alpha value is -1.05. The summed E-state index contributed by atoms with van der Waals surface area (Å²) in [5.41, 5.74) is 0.629. The molecule has 1 heterocycles. The second kappa shape index (κ2) is 5.94. The lowest BCUT2D eigenvalue weighted by atomic mass is 10.1. The summed E-state index contributed by atoms with van der Waals surface area (Å²) in [6.07, 6.45) is -0.521. The summed E-state index contributed by atoms with van der Waals surface area (Å²) >= 11 is 4.83. The van der Waals surface area contributed by atoms with Crippen molar-refractivity contribution in [2.24, 2.45) is 0 Å². The highest BCUT2D eigenvalue weighted by Gasteiger charge is 2.11. The first-order chi connectivity index (χ1) is 9.02. The molecule has 2 N–H and O–H groups in total. The van der Waals surface area contributed by atoms with Crippen LogP contribution in [0.5, 0.6) is 0 Å². The summed E-state index contributed by atoms with van der Waals surface area (Å²) in [6, 6.07) is 5.67. The number of rotatable bonds is 4. The van der Waals surface area contributed by atoms with Gasteiger partial charge in [-0.25, -0.2) is 9.89 Å². The Labute approximate surface area is 123 Å². The highest BCUT2D eigenvalue weighted by Crippen LogP contribution is 2.31. The Kier molecular flexibility index (Phi) is 4.49. The molecule has 1 aromatic carbocycles. The van der Waals surface area contributed by atoms with Crippen molar-refractivity contribution in [2.75, 3.05) is 0 Å². The fraction of sp³-hybridized carbons (Fsp3) is 0.333. The normalized spacial score (nSPS) is 12.6. The van der Waals surface area contributed by atoms with E-state index in [0.29, 0.717) is 11.7 Å². The van der Waals surface area contributed by atoms with Crippen LogP contribution < -0.4 is 5.69 Å². The van der Waals surface area contributed by atoms with Crippen molar-refractivity contribution in [1.29, 1.82) is 0 Å². The van der Waals surface area contributed by atoms with E-state index in [-0.39, 0.29) is 5.69 Å². The van der Waals surface area contributed by atoms with Crippen molar-refractivity contribution >= 4 is 27.7 Å². The first-order valence-electron chi connectivity index (χ1n) is 5.83. The second-order valence-electron chi connectivity index (χ2n) is 4.02. The number of halogens is 1. The molecule has 0 aliphatic heterocycles. The first-order valence-corrected chi connectivity index (χ1v) is 7.44. The van der Waals surface area contributed by atoms with Crippen LogP contribution in [0.15, 0.2) is 37.5 Å². The van der Waals surface area contributed by atoms with Gasteiger partial charge in [-0.15, -0.1) is 5.10 Å². The third-order valence-electron chi connectivity index (χ3n) is 2.67. The molecule has 7 heteroatoms. The van der Waals surface area contributed by atoms with Crippen LogP contribution in [0.4, 0.5) is 0 Å². The van der Waals surface area contributed by atoms with Gasteiger partial charge in [0, 0.05) is 15.9 Å². The van der Waals surface area contributed by atoms with E-state index in [9.17, 15) is 9.90 Å². The number of aromatic amines is 1. The number of nitrogens with zero attached hydrogens (tertiary/aromatic N) is 2. The molecule has 5 nitrogen and oxygen atoms in total. The van der Waals surface area contributed by atoms with Crippen molar-refractivity contribution in [2.45, 2.75) is 36.5 Å². The second-order valence-corrected chi connectivity index (χ2v) is 5.91. The van der Waals surface area contributed by atoms with Gasteiger partial charge >= 0.3 is 5.69 Å². The highest BCUT2D eigenvalue weighted by molar-refractivity contribution is 9.10. The van der Waals surface area contributed by atoms with Crippen LogP contribution in [0.3, 0.4) is 0 Å². The predicted molar refractivity (Wildman–Crippen MR) is 77.4 cm³/mol. The number of aliphatic hydroxyl groups excluding tert-OH is 1. The zero-order valence-corrected chi connectivity index (χ0v) is 13.0. The summed E-state index contributed by atoms with van der Waals surface area (Å²) in [6.45, 7) is 4.19. The average molecular weight is 344 g/mol. The maximum atomic E-state index is 11.5. The zero-order chi connectivity index (χ0) is 14.0. The Morgan fingerprint density at radius 1 is 1.58 bits per heavy atom. The van der Waals surface area contributed by atoms with Crippen molar-refractivity contribution in [1.82, 2.24) is 14.8 Å². The van der Waals surface area contributed by atoms with Crippen molar-refractivity contribution in [3.8, 4) is 0 Å². The summed E-state index contributed by atoms with van der Waals surface area (Å²) in [5.74, 6) is 0. The van der Waals surface area contributed by atoms with Crippen LogP contribution in [0.2, 0.25) is 0 Å². The van der Waals surface area contributed by atoms with E-state index in [1.165, 1.54) is 11.8 Å². The Morgan fingerprint density at radius 3 is 2.89 bits per heavy atom. The van der Waals surface area contributed by atoms with Crippen molar-refractivity contribution in [3.05, 3.63) is 38.7 Å². The van der Waals surface area contributed by atoms with Gasteiger partial charge < -0.3 is 5.11 Å². The molecule has 0 bridgehead atoms. The minimum atomic E-state index is -0.521. The van der Waals surface area contributed by atoms with E-state index in [2.05, 4.69) is 26.1 Å². The largest absolute Gasteiger partial charge is 0.389 e. The predicted octanol–water partition coefficient (Wildman–Crippen LogP) is 2.56. The maximum absolute atomic E-state index is 11.5. The molecule has 0 saturated carbocycles. The van der Waals surface area contributed by atoms with Crippen molar-refractivity contribution < 1.29 is 5.11 Å². The smallest absolute Gasteiger partial charge is 0.343 e. The summed E-state index contributed by atoms with van der Waals surface area (Å²) in [5, 5.41) is 16.6. The van der Waals surface area contributed by atoms with Crippen LogP contribution >= 0.6 is 27.7 Å². The summed E-state index contributed by atoms with van der Waals surface area (Å²) in [7, 11) is 0. The van der Waals surface area contributed by atoms with E-state index in [0.717, 1.165) is 14.9 Å². The number of benzene rings is 1. The molecule has 0 amide bonds. The number of hydrogen-bond donors (Lipinski definition) is 2. The van der Waals surface area contributed by atoms with E-state index in [1.54, 1.807) is 11.5 Å². The number of hydrogen-bond acceptors (Lipinski definition) is 4. The quantitative estimate of drug-likeness (QED) is 0.894. The van der Waals surface area contributed by atoms with Gasteiger partial charge in [0.1, 0.15) is 0 Å². The molecular formula is C12H14BrN3O2S. The third-order valence-corrected chi connectivity index (χ3v) is 4.34. The minimum absolute atomic E-state index is 0.204. The molecule has 0 radical (unpaired) electrons. The number of aliphatic hydroxyl groups is 1. The molecule has 19 heavy (non-hydrogen) atoms. The average Bonchev–Trinajstić information content (AvgIpc) is 2.69. The Bertz CT molecular complexity index is 636. The van der Waals surface area contributed by atoms with E-state index < -0.39 is 6.10 Å². The minimum Gasteiger partial charge on any atom is -0.389 e. The van der Waals surface area contributed by atoms with Gasteiger partial charge in [-0.05, 0) is 43.3 Å². The third kappa shape index (κ3) is 3.10. The Balaban J connectivity index is 2.29. The zero-order valence-electron chi connectivity index (χ0n) is 10.6. The monoisotopic (exact) mass is 343 g/mol. The molecule has 0 aliphatic rings. The molecule has 2 rings (SSSR count). The molecule has 0 spiro atoms. The number of H-pyrrole nitrogens is 1. The molecular weight excluding hydrogens is 330 g/mol. The molecule has 0 unspecified atom stereocenters. The molecule has 2 aromatic rings. The lowest BCUT2D eigenvalue weighted by Crippen LogP contribution is -2.15. The first kappa shape index (κ1) is 14.4. The van der Waals surface area contributed by atoms with Gasteiger partial charge in [0.25, 0.3) is 0 Å². The summed E-state index contributed by atoms with van der Waals surface area (Å²) in [4.78, 5) is 12.4. The van der Waals surface area contributed by atoms with Crippen molar-refractivity contribution in [3.63, 3.8) is 0 Å². The maximum Gasteiger partial charge on any atom is 0.343 e. The summed E-state index contributed by atoms with van der Waals surface area (Å²) < 4.78 is 2.41. The topological polar surface area (TPSA) is 70.9 Å². The standard InChI is InChI=1S/C12H14BrN3O2S/c1-3-16-11(18)14-15-12(16)19-8-4-5-9(7(2)17)10(13)6-8/h4-7,17H,3H2,1-2H3,(H,14,18)/t7-/m0/s1. The van der Waals surface area contributed by atoms with Gasteiger partial charge in [0.15, 0.2) is 5.16 Å². The van der Waals surface area contributed by atoms with Gasteiger partial charge in [0.2, 0.25) is 0 Å². The molecule has 102 valence electrons. The van der Waals surface area contributed by atoms with Crippen LogP contribution in [0, 0.1) is 0 Å². The van der Waals surface area contributed by atoms with E-state index >= 15 is 0 Å². The van der Waals surface area contributed by atoms with Gasteiger partial charge in [0.05, 0.1) is 6.10 Å². The van der Waals surface area contributed by atoms with E-state index in [4.69, 9.17) is 0 Å².